The fraction of sp³-hybridized carbons (Fsp3) is 0.480. The summed E-state index contributed by atoms with van der Waals surface area (Å²) in [6.07, 6.45) is 1.70. The van der Waals surface area contributed by atoms with E-state index >= 15 is 0 Å². The zero-order valence-electron chi connectivity index (χ0n) is 19.8. The highest BCUT2D eigenvalue weighted by Crippen LogP contribution is 2.46. The molecule has 0 amide bonds. The maximum atomic E-state index is 13.3. The van der Waals surface area contributed by atoms with Crippen molar-refractivity contribution in [1.29, 1.82) is 0 Å². The molecule has 5 nitrogen and oxygen atoms in total. The second-order valence-corrected chi connectivity index (χ2v) is 18.7. The van der Waals surface area contributed by atoms with E-state index < -0.39 is 28.6 Å². The van der Waals surface area contributed by atoms with Crippen LogP contribution in [0.15, 0.2) is 36.4 Å². The Kier molecular flexibility index (Phi) is 8.09. The lowest BCUT2D eigenvalue weighted by Crippen LogP contribution is -2.42. The van der Waals surface area contributed by atoms with E-state index in [0.717, 1.165) is 28.7 Å². The third-order valence-corrected chi connectivity index (χ3v) is 11.5. The predicted molar refractivity (Wildman–Crippen MR) is 136 cm³/mol. The molecule has 1 aromatic heterocycles. The molecular weight excluding hydrogens is 472 g/mol. The number of methoxy groups -OCH3 is 1. The van der Waals surface area contributed by atoms with Gasteiger partial charge >= 0.3 is 5.97 Å². The lowest BCUT2D eigenvalue weighted by Gasteiger charge is -2.35. The van der Waals surface area contributed by atoms with Crippen LogP contribution in [0.3, 0.4) is 0 Å². The van der Waals surface area contributed by atoms with Crippen LogP contribution in [-0.2, 0) is 24.1 Å². The first-order valence-electron chi connectivity index (χ1n) is 11.2. The first kappa shape index (κ1) is 25.5. The molecule has 0 bridgehead atoms. The number of rotatable bonds is 7. The number of hydrogen-bond donors (Lipinski definition) is 0. The quantitative estimate of drug-likeness (QED) is 0.294. The van der Waals surface area contributed by atoms with Crippen molar-refractivity contribution in [2.24, 2.45) is 0 Å². The largest absolute Gasteiger partial charge is 0.497 e. The van der Waals surface area contributed by atoms with Crippen LogP contribution in [0.25, 0.3) is 0 Å². The van der Waals surface area contributed by atoms with E-state index in [4.69, 9.17) is 9.47 Å². The molecule has 2 heterocycles. The number of carbonyl (C=O) groups excluding carboxylic acids is 1. The monoisotopic (exact) mass is 504 g/mol. The smallest absolute Gasteiger partial charge is 0.307 e. The zero-order valence-corrected chi connectivity index (χ0v) is 22.4. The van der Waals surface area contributed by atoms with Crippen molar-refractivity contribution in [3.05, 3.63) is 51.7 Å². The number of esters is 1. The molecule has 1 aliphatic heterocycles. The molecular formula is C25H32O5S2Si. The van der Waals surface area contributed by atoms with Crippen LogP contribution >= 0.6 is 11.3 Å². The van der Waals surface area contributed by atoms with E-state index in [0.29, 0.717) is 24.3 Å². The van der Waals surface area contributed by atoms with Crippen molar-refractivity contribution in [1.82, 2.24) is 0 Å². The second-order valence-electron chi connectivity index (χ2n) is 9.62. The Balaban J connectivity index is 1.83. The van der Waals surface area contributed by atoms with Gasteiger partial charge in [-0.3, -0.25) is 4.79 Å². The molecule has 2 aromatic rings. The molecule has 1 aromatic carbocycles. The fourth-order valence-corrected chi connectivity index (χ4v) is 8.16. The summed E-state index contributed by atoms with van der Waals surface area (Å²) >= 11 is 1.36. The number of sulfone groups is 1. The Morgan fingerprint density at radius 3 is 2.45 bits per heavy atom. The van der Waals surface area contributed by atoms with E-state index in [2.05, 4.69) is 31.5 Å². The lowest BCUT2D eigenvalue weighted by atomic mass is 9.95. The molecule has 1 fully saturated rings. The number of thiophene rings is 1. The van der Waals surface area contributed by atoms with Gasteiger partial charge in [-0.2, -0.15) is 0 Å². The Labute approximate surface area is 202 Å². The fourth-order valence-electron chi connectivity index (χ4n) is 3.83. The molecule has 0 spiro atoms. The molecule has 0 aliphatic carbocycles. The Morgan fingerprint density at radius 1 is 1.09 bits per heavy atom. The number of hydrogen-bond acceptors (Lipinski definition) is 6. The van der Waals surface area contributed by atoms with Gasteiger partial charge in [0, 0.05) is 18.5 Å². The summed E-state index contributed by atoms with van der Waals surface area (Å²) in [6, 6.07) is 12.0. The zero-order chi connectivity index (χ0) is 24.1. The standard InChI is InChI=1S/C25H32O5S2Si/c1-29-21-10-7-20(8-11-21)9-12-22-13-14-23(31-22)25(15-5-6-17-32(25,27)28)19-24(26)30-16-18-33(2,3)4/h7-8,10-11,13-14H,5-6,15-19H2,1-4H3/t25-/m0/s1. The molecule has 178 valence electrons. The van der Waals surface area contributed by atoms with Crippen LogP contribution in [0.1, 0.15) is 41.0 Å². The van der Waals surface area contributed by atoms with Crippen LogP contribution in [0.5, 0.6) is 5.75 Å². The van der Waals surface area contributed by atoms with Gasteiger partial charge in [-0.15, -0.1) is 11.3 Å². The van der Waals surface area contributed by atoms with Gasteiger partial charge in [-0.05, 0) is 55.3 Å². The van der Waals surface area contributed by atoms with E-state index in [1.165, 1.54) is 11.3 Å². The molecule has 0 N–H and O–H groups in total. The minimum Gasteiger partial charge on any atom is -0.497 e. The minimum absolute atomic E-state index is 0.0972. The summed E-state index contributed by atoms with van der Waals surface area (Å²) in [7, 11) is -3.22. The topological polar surface area (TPSA) is 69.7 Å². The van der Waals surface area contributed by atoms with Crippen molar-refractivity contribution in [3.63, 3.8) is 0 Å². The second kappa shape index (κ2) is 10.5. The molecule has 0 unspecified atom stereocenters. The average Bonchev–Trinajstić information content (AvgIpc) is 3.22. The van der Waals surface area contributed by atoms with Crippen molar-refractivity contribution in [2.75, 3.05) is 19.5 Å². The van der Waals surface area contributed by atoms with Crippen LogP contribution in [-0.4, -0.2) is 41.9 Å². The first-order valence-corrected chi connectivity index (χ1v) is 17.4. The number of benzene rings is 1. The number of carbonyl (C=O) groups is 1. The van der Waals surface area contributed by atoms with Gasteiger partial charge in [0.05, 0.1) is 30.8 Å². The summed E-state index contributed by atoms with van der Waals surface area (Å²) < 4.78 is 36.0. The molecule has 0 radical (unpaired) electrons. The molecule has 0 saturated carbocycles. The highest BCUT2D eigenvalue weighted by molar-refractivity contribution is 7.92. The Bertz CT molecular complexity index is 1130. The molecule has 1 aliphatic rings. The van der Waals surface area contributed by atoms with E-state index in [1.807, 2.05) is 36.4 Å². The summed E-state index contributed by atoms with van der Waals surface area (Å²) in [5.74, 6) is 6.67. The molecule has 1 saturated heterocycles. The number of ether oxygens (including phenoxy) is 2. The summed E-state index contributed by atoms with van der Waals surface area (Å²) in [5, 5.41) is 0. The van der Waals surface area contributed by atoms with Crippen LogP contribution in [0, 0.1) is 11.8 Å². The van der Waals surface area contributed by atoms with Gasteiger partial charge in [-0.25, -0.2) is 8.42 Å². The molecule has 1 atom stereocenters. The average molecular weight is 505 g/mol. The van der Waals surface area contributed by atoms with Crippen LogP contribution < -0.4 is 4.74 Å². The minimum atomic E-state index is -3.49. The third-order valence-electron chi connectivity index (χ3n) is 5.86. The summed E-state index contributed by atoms with van der Waals surface area (Å²) in [5.41, 5.74) is 0.844. The predicted octanol–water partition coefficient (Wildman–Crippen LogP) is 5.22. The summed E-state index contributed by atoms with van der Waals surface area (Å²) in [6.45, 7) is 7.00. The maximum absolute atomic E-state index is 13.3. The highest BCUT2D eigenvalue weighted by Gasteiger charge is 2.49. The maximum Gasteiger partial charge on any atom is 0.307 e. The Hall–Kier alpha value is -2.08. The van der Waals surface area contributed by atoms with Crippen molar-refractivity contribution in [3.8, 4) is 17.6 Å². The van der Waals surface area contributed by atoms with Gasteiger partial charge < -0.3 is 9.47 Å². The van der Waals surface area contributed by atoms with E-state index in [-0.39, 0.29) is 12.2 Å². The van der Waals surface area contributed by atoms with Gasteiger partial charge in [0.25, 0.3) is 0 Å². The third kappa shape index (κ3) is 6.49. The lowest BCUT2D eigenvalue weighted by molar-refractivity contribution is -0.144. The SMILES string of the molecule is COc1ccc(C#Cc2ccc([C@@]3(CC(=O)OCC[Si](C)(C)C)CCCCS3(=O)=O)s2)cc1. The van der Waals surface area contributed by atoms with Crippen LogP contribution in [0.4, 0.5) is 0 Å². The Morgan fingerprint density at radius 2 is 1.82 bits per heavy atom. The van der Waals surface area contributed by atoms with Gasteiger partial charge in [0.2, 0.25) is 0 Å². The molecule has 33 heavy (non-hydrogen) atoms. The van der Waals surface area contributed by atoms with E-state index in [1.54, 1.807) is 7.11 Å². The molecule has 8 heteroatoms. The summed E-state index contributed by atoms with van der Waals surface area (Å²) in [4.78, 5) is 14.2. The van der Waals surface area contributed by atoms with Gasteiger partial charge in [0.1, 0.15) is 10.5 Å². The molecule has 3 rings (SSSR count). The normalized spacial score (nSPS) is 19.9. The highest BCUT2D eigenvalue weighted by atomic mass is 32.2. The van der Waals surface area contributed by atoms with Crippen LogP contribution in [0.2, 0.25) is 25.7 Å². The van der Waals surface area contributed by atoms with Gasteiger partial charge in [-0.1, -0.05) is 37.9 Å². The van der Waals surface area contributed by atoms with Crippen molar-refractivity contribution in [2.45, 2.75) is 56.1 Å². The van der Waals surface area contributed by atoms with Crippen molar-refractivity contribution < 1.29 is 22.7 Å². The first-order chi connectivity index (χ1) is 15.5. The van der Waals surface area contributed by atoms with Gasteiger partial charge in [0.15, 0.2) is 9.84 Å². The van der Waals surface area contributed by atoms with Crippen molar-refractivity contribution >= 4 is 35.2 Å². The van der Waals surface area contributed by atoms with E-state index in [9.17, 15) is 13.2 Å².